The molecule has 0 aromatic rings. The van der Waals surface area contributed by atoms with Crippen LogP contribution in [0.4, 0.5) is 0 Å². The Morgan fingerprint density at radius 3 is 2.94 bits per heavy atom. The van der Waals surface area contributed by atoms with Crippen molar-refractivity contribution in [3.8, 4) is 0 Å². The van der Waals surface area contributed by atoms with Gasteiger partial charge in [0.25, 0.3) is 0 Å². The number of halogens is 1. The van der Waals surface area contributed by atoms with Gasteiger partial charge in [0.05, 0.1) is 5.60 Å². The van der Waals surface area contributed by atoms with Gasteiger partial charge in [-0.05, 0) is 39.0 Å². The van der Waals surface area contributed by atoms with Crippen LogP contribution in [0.2, 0.25) is 0 Å². The summed E-state index contributed by atoms with van der Waals surface area (Å²) < 4.78 is 5.65. The van der Waals surface area contributed by atoms with Crippen LogP contribution in [0.15, 0.2) is 10.7 Å². The topological polar surface area (TPSA) is 33.6 Å². The SMILES string of the molecule is CC1=NN[C-]=C2CC[C@@](C)(OI)CCCCC21.[Rf]. The van der Waals surface area contributed by atoms with Gasteiger partial charge in [0, 0.05) is 5.71 Å². The van der Waals surface area contributed by atoms with Gasteiger partial charge in [-0.25, -0.2) is 10.7 Å². The summed E-state index contributed by atoms with van der Waals surface area (Å²) in [7, 11) is 0. The summed E-state index contributed by atoms with van der Waals surface area (Å²) in [6.45, 7) is 4.34. The summed E-state index contributed by atoms with van der Waals surface area (Å²) >= 11 is 2.05. The maximum atomic E-state index is 5.65. The molecule has 98 valence electrons. The Hall–Kier alpha value is -1.10. The standard InChI is InChI=1S/C13H20IN2O.Rf/c1-10-12-5-3-4-7-13(2,17-14)8-6-11(12)9-15-16-10;/h12,15H,3-8H2,1-2H3;/q-1;/t12?,13-;/m0./s1. The van der Waals surface area contributed by atoms with Crippen LogP contribution in [-0.4, -0.2) is 11.3 Å². The molecule has 1 aliphatic heterocycles. The van der Waals surface area contributed by atoms with Crippen LogP contribution in [-0.2, 0) is 3.07 Å². The monoisotopic (exact) mass is 614 g/mol. The van der Waals surface area contributed by atoms with Gasteiger partial charge < -0.3 is 14.7 Å². The van der Waals surface area contributed by atoms with Crippen molar-refractivity contribution in [2.24, 2.45) is 11.0 Å². The third kappa shape index (κ3) is 3.22. The van der Waals surface area contributed by atoms with E-state index in [0.29, 0.717) is 5.92 Å². The quantitative estimate of drug-likeness (QED) is 0.361. The zero-order valence-electron chi connectivity index (χ0n) is 11.3. The summed E-state index contributed by atoms with van der Waals surface area (Å²) in [6.07, 6.45) is 10.2. The molecular weight excluding hydrogens is 594 g/mol. The molecule has 2 aliphatic rings. The predicted octanol–water partition coefficient (Wildman–Crippen LogP) is 3.75. The van der Waals surface area contributed by atoms with Gasteiger partial charge in [-0.3, -0.25) is 0 Å². The van der Waals surface area contributed by atoms with E-state index in [0.717, 1.165) is 19.3 Å². The normalized spacial score (nSPS) is 32.5. The first-order valence-electron chi connectivity index (χ1n) is 6.35. The zero-order chi connectivity index (χ0) is 12.3. The molecule has 0 saturated heterocycles. The van der Waals surface area contributed by atoms with Crippen LogP contribution < -0.4 is 5.43 Å². The molecule has 2 rings (SSSR count). The predicted molar refractivity (Wildman–Crippen MR) is 77.7 cm³/mol. The Morgan fingerprint density at radius 1 is 1.44 bits per heavy atom. The Morgan fingerprint density at radius 2 is 2.22 bits per heavy atom. The molecule has 18 heavy (non-hydrogen) atoms. The molecule has 1 N–H and O–H groups in total. The van der Waals surface area contributed by atoms with Crippen LogP contribution in [0.25, 0.3) is 0 Å². The fraction of sp³-hybridized carbons (Fsp3) is 0.769. The van der Waals surface area contributed by atoms with Crippen LogP contribution in [0.1, 0.15) is 52.4 Å². The van der Waals surface area contributed by atoms with E-state index in [1.165, 1.54) is 30.5 Å². The van der Waals surface area contributed by atoms with Crippen molar-refractivity contribution in [3.63, 3.8) is 0 Å². The van der Waals surface area contributed by atoms with Crippen molar-refractivity contribution in [1.29, 1.82) is 0 Å². The number of hydrazone groups is 1. The van der Waals surface area contributed by atoms with Crippen molar-refractivity contribution < 1.29 is 3.07 Å². The van der Waals surface area contributed by atoms with E-state index < -0.39 is 0 Å². The minimum atomic E-state index is 0. The summed E-state index contributed by atoms with van der Waals surface area (Å²) in [5, 5.41) is 4.28. The number of hydrogen-bond donors (Lipinski definition) is 1. The van der Waals surface area contributed by atoms with Crippen molar-refractivity contribution >= 4 is 28.7 Å². The van der Waals surface area contributed by atoms with Crippen molar-refractivity contribution in [1.82, 2.24) is 5.43 Å². The van der Waals surface area contributed by atoms with E-state index in [9.17, 15) is 0 Å². The van der Waals surface area contributed by atoms with Gasteiger partial charge in [0.2, 0.25) is 0 Å². The maximum Gasteiger partial charge on any atom is 0.110 e. The first-order chi connectivity index (χ1) is 8.14. The fourth-order valence-corrected chi connectivity index (χ4v) is 3.11. The van der Waals surface area contributed by atoms with Gasteiger partial charge in [-0.1, -0.05) is 19.3 Å². The van der Waals surface area contributed by atoms with E-state index in [4.69, 9.17) is 3.07 Å². The third-order valence-corrected chi connectivity index (χ3v) is 4.99. The zero-order valence-corrected chi connectivity index (χ0v) is 19.8. The molecule has 0 spiro atoms. The Labute approximate surface area is 118 Å². The summed E-state index contributed by atoms with van der Waals surface area (Å²) in [5.74, 6) is 0.507. The van der Waals surface area contributed by atoms with Crippen LogP contribution in [0.3, 0.4) is 0 Å². The van der Waals surface area contributed by atoms with Crippen LogP contribution in [0.5, 0.6) is 0 Å². The molecule has 0 bridgehead atoms. The van der Waals surface area contributed by atoms with Crippen LogP contribution in [0, 0.1) is 12.1 Å². The number of nitrogens with zero attached hydrogens (tertiary/aromatic N) is 1. The molecule has 0 radical (unpaired) electrons. The molecule has 2 atom stereocenters. The number of nitrogens with one attached hydrogen (secondary N) is 1. The molecule has 1 fully saturated rings. The molecule has 1 aliphatic carbocycles. The van der Waals surface area contributed by atoms with Crippen molar-refractivity contribution in [2.75, 3.05) is 0 Å². The van der Waals surface area contributed by atoms with Crippen molar-refractivity contribution in [3.05, 3.63) is 11.8 Å². The first kappa shape index (κ1) is 15.0. The van der Waals surface area contributed by atoms with Gasteiger partial charge in [-0.2, -0.15) is 0 Å². The van der Waals surface area contributed by atoms with E-state index in [2.05, 4.69) is 30.6 Å². The number of fused-ring (bicyclic) bond motifs is 1. The van der Waals surface area contributed by atoms with Gasteiger partial charge in [0.1, 0.15) is 23.0 Å². The molecule has 5 heteroatoms. The minimum Gasteiger partial charge on any atom is -0.459 e. The second-order valence-corrected chi connectivity index (χ2v) is 5.78. The summed E-state index contributed by atoms with van der Waals surface area (Å²) in [5.41, 5.74) is 5.51. The molecule has 1 unspecified atom stereocenters. The molecule has 3 nitrogen and oxygen atoms in total. The molecule has 0 aromatic heterocycles. The van der Waals surface area contributed by atoms with Gasteiger partial charge >= 0.3 is 0 Å². The Balaban J connectivity index is 0.00000162. The van der Waals surface area contributed by atoms with E-state index >= 15 is 0 Å². The van der Waals surface area contributed by atoms with E-state index in [-0.39, 0.29) is 5.60 Å². The molecule has 0 aromatic carbocycles. The Bertz CT molecular complexity index is 346. The second kappa shape index (κ2) is 6.18. The molecule has 0 amide bonds. The van der Waals surface area contributed by atoms with Crippen molar-refractivity contribution in [2.45, 2.75) is 58.0 Å². The smallest absolute Gasteiger partial charge is 0.110 e. The van der Waals surface area contributed by atoms with E-state index in [1.54, 1.807) is 0 Å². The van der Waals surface area contributed by atoms with Gasteiger partial charge in [-0.15, -0.1) is 0 Å². The largest absolute Gasteiger partial charge is 0.459 e. The second-order valence-electron chi connectivity index (χ2n) is 5.34. The molecular formula is C13H20IN2ORf-. The fourth-order valence-electron chi connectivity index (χ4n) is 2.67. The van der Waals surface area contributed by atoms with E-state index in [1.807, 2.05) is 23.0 Å². The van der Waals surface area contributed by atoms with Crippen LogP contribution >= 0.6 is 23.0 Å². The summed E-state index contributed by atoms with van der Waals surface area (Å²) in [6, 6.07) is 0. The number of allylic oxidation sites excluding steroid dienone is 1. The Kier molecular flexibility index (Phi) is 5.14. The number of hydrogen-bond acceptors (Lipinski definition) is 3. The average Bonchev–Trinajstić information content (AvgIpc) is 2.41. The maximum absolute atomic E-state index is 5.65. The average molecular weight is 614 g/mol. The molecule has 1 heterocycles. The number of rotatable bonds is 1. The third-order valence-electron chi connectivity index (χ3n) is 3.93. The first-order valence-corrected chi connectivity index (χ1v) is 7.23. The minimum absolute atomic E-state index is 0. The summed E-state index contributed by atoms with van der Waals surface area (Å²) in [4.78, 5) is 0. The van der Waals surface area contributed by atoms with Gasteiger partial charge in [0.15, 0.2) is 0 Å². The molecule has 1 saturated carbocycles.